The van der Waals surface area contributed by atoms with Crippen molar-refractivity contribution in [2.45, 2.75) is 44.2 Å². The second-order valence-corrected chi connectivity index (χ2v) is 6.59. The Morgan fingerprint density at radius 1 is 1.00 bits per heavy atom. The summed E-state index contributed by atoms with van der Waals surface area (Å²) in [5.41, 5.74) is 1.16. The van der Waals surface area contributed by atoms with Gasteiger partial charge in [0, 0.05) is 44.0 Å². The first-order chi connectivity index (χ1) is 11.4. The Hall–Kier alpha value is -2.01. The van der Waals surface area contributed by atoms with E-state index in [4.69, 9.17) is 0 Å². The SMILES string of the molecule is c1ccc(CN2CCC(Nc3ccnc(C4CC4)n3)CC2)nc1. The maximum Gasteiger partial charge on any atom is 0.133 e. The van der Waals surface area contributed by atoms with Crippen molar-refractivity contribution in [1.29, 1.82) is 0 Å². The molecule has 1 aliphatic heterocycles. The number of pyridine rings is 1. The zero-order valence-electron chi connectivity index (χ0n) is 13.4. The highest BCUT2D eigenvalue weighted by Crippen LogP contribution is 2.38. The average molecular weight is 309 g/mol. The van der Waals surface area contributed by atoms with Crippen LogP contribution in [-0.2, 0) is 6.54 Å². The Morgan fingerprint density at radius 3 is 2.61 bits per heavy atom. The molecule has 0 unspecified atom stereocenters. The minimum atomic E-state index is 0.511. The van der Waals surface area contributed by atoms with Crippen molar-refractivity contribution in [3.8, 4) is 0 Å². The van der Waals surface area contributed by atoms with Crippen LogP contribution in [0.15, 0.2) is 36.7 Å². The van der Waals surface area contributed by atoms with Crippen molar-refractivity contribution in [2.24, 2.45) is 0 Å². The largest absolute Gasteiger partial charge is 0.367 e. The van der Waals surface area contributed by atoms with Gasteiger partial charge in [0.15, 0.2) is 0 Å². The Balaban J connectivity index is 1.29. The highest BCUT2D eigenvalue weighted by molar-refractivity contribution is 5.35. The molecule has 23 heavy (non-hydrogen) atoms. The monoisotopic (exact) mass is 309 g/mol. The molecule has 5 nitrogen and oxygen atoms in total. The second kappa shape index (κ2) is 6.62. The molecule has 0 atom stereocenters. The van der Waals surface area contributed by atoms with Crippen LogP contribution in [0.2, 0.25) is 0 Å². The number of anilines is 1. The van der Waals surface area contributed by atoms with Crippen molar-refractivity contribution in [3.05, 3.63) is 48.2 Å². The summed E-state index contributed by atoms with van der Waals surface area (Å²) in [5, 5.41) is 3.59. The summed E-state index contributed by atoms with van der Waals surface area (Å²) < 4.78 is 0. The predicted molar refractivity (Wildman–Crippen MR) is 90.2 cm³/mol. The fraction of sp³-hybridized carbons (Fsp3) is 0.500. The molecule has 1 saturated carbocycles. The van der Waals surface area contributed by atoms with Gasteiger partial charge in [-0.15, -0.1) is 0 Å². The molecule has 2 aromatic heterocycles. The van der Waals surface area contributed by atoms with Crippen LogP contribution in [0.3, 0.4) is 0 Å². The summed E-state index contributed by atoms with van der Waals surface area (Å²) in [6.45, 7) is 3.16. The smallest absolute Gasteiger partial charge is 0.133 e. The topological polar surface area (TPSA) is 53.9 Å². The minimum absolute atomic E-state index is 0.511. The maximum atomic E-state index is 4.67. The molecule has 0 bridgehead atoms. The fourth-order valence-corrected chi connectivity index (χ4v) is 3.16. The highest BCUT2D eigenvalue weighted by Gasteiger charge is 2.27. The number of hydrogen-bond donors (Lipinski definition) is 1. The Kier molecular flexibility index (Phi) is 4.20. The van der Waals surface area contributed by atoms with Gasteiger partial charge >= 0.3 is 0 Å². The molecule has 3 heterocycles. The summed E-state index contributed by atoms with van der Waals surface area (Å²) in [7, 11) is 0. The van der Waals surface area contributed by atoms with E-state index in [1.165, 1.54) is 12.8 Å². The average Bonchev–Trinajstić information content (AvgIpc) is 3.43. The Labute approximate surface area is 137 Å². The lowest BCUT2D eigenvalue weighted by atomic mass is 10.0. The van der Waals surface area contributed by atoms with Crippen LogP contribution in [0, 0.1) is 0 Å². The van der Waals surface area contributed by atoms with E-state index in [9.17, 15) is 0 Å². The summed E-state index contributed by atoms with van der Waals surface area (Å²) in [6.07, 6.45) is 8.55. The van der Waals surface area contributed by atoms with Crippen LogP contribution < -0.4 is 5.32 Å². The summed E-state index contributed by atoms with van der Waals surface area (Å²) in [4.78, 5) is 16.0. The van der Waals surface area contributed by atoms with Gasteiger partial charge < -0.3 is 5.32 Å². The van der Waals surface area contributed by atoms with E-state index < -0.39 is 0 Å². The molecule has 2 aromatic rings. The molecular formula is C18H23N5. The minimum Gasteiger partial charge on any atom is -0.367 e. The highest BCUT2D eigenvalue weighted by atomic mass is 15.2. The first-order valence-electron chi connectivity index (χ1n) is 8.58. The molecule has 2 aliphatic rings. The number of hydrogen-bond acceptors (Lipinski definition) is 5. The van der Waals surface area contributed by atoms with Gasteiger partial charge in [0.2, 0.25) is 0 Å². The molecule has 1 N–H and O–H groups in total. The van der Waals surface area contributed by atoms with Gasteiger partial charge in [-0.1, -0.05) is 6.07 Å². The van der Waals surface area contributed by atoms with Crippen LogP contribution in [0.4, 0.5) is 5.82 Å². The molecular weight excluding hydrogens is 286 g/mol. The van der Waals surface area contributed by atoms with E-state index in [-0.39, 0.29) is 0 Å². The molecule has 1 aliphatic carbocycles. The van der Waals surface area contributed by atoms with Gasteiger partial charge in [-0.3, -0.25) is 9.88 Å². The third kappa shape index (κ3) is 3.85. The quantitative estimate of drug-likeness (QED) is 0.920. The fourth-order valence-electron chi connectivity index (χ4n) is 3.16. The summed E-state index contributed by atoms with van der Waals surface area (Å²) in [5.74, 6) is 2.62. The van der Waals surface area contributed by atoms with Gasteiger partial charge in [0.05, 0.1) is 5.69 Å². The molecule has 4 rings (SSSR count). The third-order valence-electron chi connectivity index (χ3n) is 4.67. The van der Waals surface area contributed by atoms with E-state index in [2.05, 4.69) is 37.3 Å². The Morgan fingerprint density at radius 2 is 1.87 bits per heavy atom. The number of aromatic nitrogens is 3. The van der Waals surface area contributed by atoms with Crippen molar-refractivity contribution < 1.29 is 0 Å². The van der Waals surface area contributed by atoms with Gasteiger partial charge in [0.25, 0.3) is 0 Å². The normalized spacial score (nSPS) is 19.7. The van der Waals surface area contributed by atoms with Crippen molar-refractivity contribution in [1.82, 2.24) is 19.9 Å². The number of likely N-dealkylation sites (tertiary alicyclic amines) is 1. The van der Waals surface area contributed by atoms with E-state index >= 15 is 0 Å². The molecule has 0 spiro atoms. The first-order valence-corrected chi connectivity index (χ1v) is 8.58. The summed E-state index contributed by atoms with van der Waals surface area (Å²) >= 11 is 0. The van der Waals surface area contributed by atoms with Crippen molar-refractivity contribution in [3.63, 3.8) is 0 Å². The van der Waals surface area contributed by atoms with Gasteiger partial charge in [0.1, 0.15) is 11.6 Å². The lowest BCUT2D eigenvalue weighted by molar-refractivity contribution is 0.209. The zero-order chi connectivity index (χ0) is 15.5. The molecule has 120 valence electrons. The van der Waals surface area contributed by atoms with E-state index in [1.54, 1.807) is 0 Å². The van der Waals surface area contributed by atoms with Crippen LogP contribution in [0.25, 0.3) is 0 Å². The van der Waals surface area contributed by atoms with Gasteiger partial charge in [-0.05, 0) is 43.9 Å². The second-order valence-electron chi connectivity index (χ2n) is 6.59. The number of piperidine rings is 1. The van der Waals surface area contributed by atoms with E-state index in [0.717, 1.165) is 49.8 Å². The molecule has 2 fully saturated rings. The van der Waals surface area contributed by atoms with E-state index in [0.29, 0.717) is 12.0 Å². The number of rotatable bonds is 5. The maximum absolute atomic E-state index is 4.67. The zero-order valence-corrected chi connectivity index (χ0v) is 13.4. The third-order valence-corrected chi connectivity index (χ3v) is 4.67. The summed E-state index contributed by atoms with van der Waals surface area (Å²) in [6, 6.07) is 8.63. The molecule has 5 heteroatoms. The molecule has 0 aromatic carbocycles. The number of nitrogens with one attached hydrogen (secondary N) is 1. The first kappa shape index (κ1) is 14.6. The van der Waals surface area contributed by atoms with Gasteiger partial charge in [-0.25, -0.2) is 9.97 Å². The molecule has 1 saturated heterocycles. The predicted octanol–water partition coefficient (Wildman–Crippen LogP) is 2.83. The van der Waals surface area contributed by atoms with Crippen molar-refractivity contribution in [2.75, 3.05) is 18.4 Å². The Bertz CT molecular complexity index is 633. The van der Waals surface area contributed by atoms with Gasteiger partial charge in [-0.2, -0.15) is 0 Å². The lowest BCUT2D eigenvalue weighted by Crippen LogP contribution is -2.39. The van der Waals surface area contributed by atoms with E-state index in [1.807, 2.05) is 24.5 Å². The van der Waals surface area contributed by atoms with Crippen LogP contribution in [0.5, 0.6) is 0 Å². The molecule has 0 amide bonds. The van der Waals surface area contributed by atoms with Crippen LogP contribution in [-0.4, -0.2) is 39.0 Å². The molecule has 0 radical (unpaired) electrons. The number of nitrogens with zero attached hydrogens (tertiary/aromatic N) is 4. The van der Waals surface area contributed by atoms with Crippen molar-refractivity contribution >= 4 is 5.82 Å². The standard InChI is InChI=1S/C18H23N5/c1-2-9-19-16(3-1)13-23-11-7-15(8-12-23)21-17-6-10-20-18(22-17)14-4-5-14/h1-3,6,9-10,14-15H,4-5,7-8,11-13H2,(H,20,21,22). The van der Waals surface area contributed by atoms with Crippen LogP contribution in [0.1, 0.15) is 43.1 Å². The lowest BCUT2D eigenvalue weighted by Gasteiger charge is -2.32. The van der Waals surface area contributed by atoms with Crippen LogP contribution >= 0.6 is 0 Å².